The lowest BCUT2D eigenvalue weighted by Gasteiger charge is -2.02. The van der Waals surface area contributed by atoms with E-state index in [9.17, 15) is 4.79 Å². The van der Waals surface area contributed by atoms with Gasteiger partial charge in [0, 0.05) is 11.3 Å². The number of amides is 1. The van der Waals surface area contributed by atoms with Crippen molar-refractivity contribution in [1.29, 1.82) is 0 Å². The van der Waals surface area contributed by atoms with Crippen LogP contribution >= 0.6 is 0 Å². The van der Waals surface area contributed by atoms with Gasteiger partial charge in [-0.1, -0.05) is 30.3 Å². The molecule has 0 unspecified atom stereocenters. The van der Waals surface area contributed by atoms with Gasteiger partial charge in [0.05, 0.1) is 0 Å². The molecule has 0 spiro atoms. The van der Waals surface area contributed by atoms with Crippen LogP contribution in [0.3, 0.4) is 0 Å². The van der Waals surface area contributed by atoms with E-state index in [-0.39, 0.29) is 5.91 Å². The summed E-state index contributed by atoms with van der Waals surface area (Å²) in [5, 5.41) is 6.08. The lowest BCUT2D eigenvalue weighted by Crippen LogP contribution is -2.18. The van der Waals surface area contributed by atoms with E-state index in [4.69, 9.17) is 0 Å². The minimum absolute atomic E-state index is 0.183. The maximum absolute atomic E-state index is 11.8. The highest BCUT2D eigenvalue weighted by atomic mass is 16.2. The largest absolute Gasteiger partial charge is 0.271 e. The van der Waals surface area contributed by atoms with Crippen molar-refractivity contribution in [3.8, 4) is 0 Å². The third kappa shape index (κ3) is 2.69. The first-order chi connectivity index (χ1) is 8.16. The first-order valence-corrected chi connectivity index (χ1v) is 5.47. The van der Waals surface area contributed by atoms with Crippen LogP contribution in [0.15, 0.2) is 47.6 Å². The third-order valence-corrected chi connectivity index (χ3v) is 2.39. The van der Waals surface area contributed by atoms with Crippen molar-refractivity contribution < 1.29 is 4.79 Å². The van der Waals surface area contributed by atoms with E-state index < -0.39 is 0 Å². The van der Waals surface area contributed by atoms with Gasteiger partial charge in [0.2, 0.25) is 0 Å². The van der Waals surface area contributed by atoms with Gasteiger partial charge in [0.25, 0.3) is 5.91 Å². The standard InChI is InChI=1S/C14H14N2O/c1-10(2)15-16-14(17)13-8-7-11-5-3-4-6-12(11)9-13/h3-9H,1-2H3,(H,16,17). The molecule has 86 valence electrons. The predicted molar refractivity (Wildman–Crippen MR) is 70.2 cm³/mol. The number of benzene rings is 2. The van der Waals surface area contributed by atoms with E-state index in [1.54, 1.807) is 6.07 Å². The number of carbonyl (C=O) groups is 1. The van der Waals surface area contributed by atoms with Crippen molar-refractivity contribution in [2.45, 2.75) is 13.8 Å². The molecule has 3 heteroatoms. The summed E-state index contributed by atoms with van der Waals surface area (Å²) in [4.78, 5) is 11.8. The molecule has 0 saturated carbocycles. The number of nitrogens with zero attached hydrogens (tertiary/aromatic N) is 1. The number of hydrogen-bond donors (Lipinski definition) is 1. The fraction of sp³-hybridized carbons (Fsp3) is 0.143. The normalized spacial score (nSPS) is 10.0. The molecule has 1 N–H and O–H groups in total. The van der Waals surface area contributed by atoms with Crippen LogP contribution in [-0.2, 0) is 0 Å². The molecule has 2 rings (SSSR count). The van der Waals surface area contributed by atoms with Gasteiger partial charge in [-0.2, -0.15) is 5.10 Å². The lowest BCUT2D eigenvalue weighted by atomic mass is 10.1. The van der Waals surface area contributed by atoms with Gasteiger partial charge in [0.15, 0.2) is 0 Å². The molecule has 2 aromatic carbocycles. The van der Waals surface area contributed by atoms with E-state index in [0.717, 1.165) is 16.5 Å². The number of hydrazone groups is 1. The van der Waals surface area contributed by atoms with Gasteiger partial charge in [-0.05, 0) is 36.8 Å². The summed E-state index contributed by atoms with van der Waals surface area (Å²) >= 11 is 0. The fourth-order valence-corrected chi connectivity index (χ4v) is 1.56. The molecular weight excluding hydrogens is 212 g/mol. The zero-order chi connectivity index (χ0) is 12.3. The van der Waals surface area contributed by atoms with Gasteiger partial charge < -0.3 is 0 Å². The van der Waals surface area contributed by atoms with Crippen LogP contribution in [0, 0.1) is 0 Å². The van der Waals surface area contributed by atoms with E-state index in [1.807, 2.05) is 50.2 Å². The van der Waals surface area contributed by atoms with Gasteiger partial charge in [-0.25, -0.2) is 5.43 Å². The zero-order valence-corrected chi connectivity index (χ0v) is 9.90. The zero-order valence-electron chi connectivity index (χ0n) is 9.90. The monoisotopic (exact) mass is 226 g/mol. The number of fused-ring (bicyclic) bond motifs is 1. The maximum atomic E-state index is 11.8. The highest BCUT2D eigenvalue weighted by Crippen LogP contribution is 2.15. The van der Waals surface area contributed by atoms with Gasteiger partial charge >= 0.3 is 0 Å². The molecule has 0 aliphatic rings. The van der Waals surface area contributed by atoms with Crippen LogP contribution in [0.25, 0.3) is 10.8 Å². The van der Waals surface area contributed by atoms with Crippen molar-refractivity contribution >= 4 is 22.4 Å². The Morgan fingerprint density at radius 2 is 1.76 bits per heavy atom. The molecule has 0 aliphatic carbocycles. The molecule has 0 radical (unpaired) electrons. The summed E-state index contributed by atoms with van der Waals surface area (Å²) in [5.41, 5.74) is 3.95. The first kappa shape index (κ1) is 11.3. The summed E-state index contributed by atoms with van der Waals surface area (Å²) in [5.74, 6) is -0.183. The number of carbonyl (C=O) groups excluding carboxylic acids is 1. The molecule has 0 aliphatic heterocycles. The van der Waals surface area contributed by atoms with E-state index >= 15 is 0 Å². The Labute approximate surface area is 100 Å². The Hall–Kier alpha value is -2.16. The van der Waals surface area contributed by atoms with Crippen LogP contribution in [-0.4, -0.2) is 11.6 Å². The van der Waals surface area contributed by atoms with E-state index in [2.05, 4.69) is 10.5 Å². The Bertz CT molecular complexity index is 584. The van der Waals surface area contributed by atoms with Gasteiger partial charge in [-0.15, -0.1) is 0 Å². The molecule has 3 nitrogen and oxygen atoms in total. The van der Waals surface area contributed by atoms with Crippen molar-refractivity contribution in [2.24, 2.45) is 5.10 Å². The van der Waals surface area contributed by atoms with Crippen LogP contribution in [0.4, 0.5) is 0 Å². The molecule has 0 saturated heterocycles. The smallest absolute Gasteiger partial charge is 0.267 e. The summed E-state index contributed by atoms with van der Waals surface area (Å²) in [7, 11) is 0. The molecule has 0 bridgehead atoms. The summed E-state index contributed by atoms with van der Waals surface area (Å²) < 4.78 is 0. The molecular formula is C14H14N2O. The molecule has 17 heavy (non-hydrogen) atoms. The Kier molecular flexibility index (Phi) is 3.19. The molecule has 1 amide bonds. The molecule has 0 atom stereocenters. The molecule has 0 heterocycles. The van der Waals surface area contributed by atoms with Crippen LogP contribution < -0.4 is 5.43 Å². The van der Waals surface area contributed by atoms with Gasteiger partial charge in [0.1, 0.15) is 0 Å². The van der Waals surface area contributed by atoms with Crippen LogP contribution in [0.1, 0.15) is 24.2 Å². The average Bonchev–Trinajstić information content (AvgIpc) is 2.35. The maximum Gasteiger partial charge on any atom is 0.271 e. The molecule has 0 fully saturated rings. The second-order valence-corrected chi connectivity index (χ2v) is 4.06. The van der Waals surface area contributed by atoms with Crippen LogP contribution in [0.2, 0.25) is 0 Å². The first-order valence-electron chi connectivity index (χ1n) is 5.47. The van der Waals surface area contributed by atoms with E-state index in [0.29, 0.717) is 5.56 Å². The van der Waals surface area contributed by atoms with Gasteiger partial charge in [-0.3, -0.25) is 4.79 Å². The fourth-order valence-electron chi connectivity index (χ4n) is 1.56. The van der Waals surface area contributed by atoms with E-state index in [1.165, 1.54) is 0 Å². The van der Waals surface area contributed by atoms with Crippen LogP contribution in [0.5, 0.6) is 0 Å². The van der Waals surface area contributed by atoms with Crippen molar-refractivity contribution in [3.63, 3.8) is 0 Å². The highest BCUT2D eigenvalue weighted by Gasteiger charge is 2.04. The number of nitrogens with one attached hydrogen (secondary N) is 1. The van der Waals surface area contributed by atoms with Crippen molar-refractivity contribution in [2.75, 3.05) is 0 Å². The second kappa shape index (κ2) is 4.78. The number of hydrogen-bond acceptors (Lipinski definition) is 2. The van der Waals surface area contributed by atoms with Crippen molar-refractivity contribution in [3.05, 3.63) is 48.0 Å². The quantitative estimate of drug-likeness (QED) is 0.620. The summed E-state index contributed by atoms with van der Waals surface area (Å²) in [6.07, 6.45) is 0. The summed E-state index contributed by atoms with van der Waals surface area (Å²) in [6, 6.07) is 13.5. The SMILES string of the molecule is CC(C)=NNC(=O)c1ccc2ccccc2c1. The minimum Gasteiger partial charge on any atom is -0.267 e. The molecule has 0 aromatic heterocycles. The third-order valence-electron chi connectivity index (χ3n) is 2.39. The second-order valence-electron chi connectivity index (χ2n) is 4.06. The Balaban J connectivity index is 2.30. The minimum atomic E-state index is -0.183. The Morgan fingerprint density at radius 1 is 1.06 bits per heavy atom. The van der Waals surface area contributed by atoms with Crippen molar-refractivity contribution in [1.82, 2.24) is 5.43 Å². The predicted octanol–water partition coefficient (Wildman–Crippen LogP) is 2.97. The Morgan fingerprint density at radius 3 is 2.47 bits per heavy atom. The molecule has 2 aromatic rings. The average molecular weight is 226 g/mol. The highest BCUT2D eigenvalue weighted by molar-refractivity contribution is 5.99. The lowest BCUT2D eigenvalue weighted by molar-refractivity contribution is 0.0955. The summed E-state index contributed by atoms with van der Waals surface area (Å²) in [6.45, 7) is 3.67. The topological polar surface area (TPSA) is 41.5 Å². The number of rotatable bonds is 2.